The van der Waals surface area contributed by atoms with E-state index in [4.69, 9.17) is 4.52 Å². The van der Waals surface area contributed by atoms with Gasteiger partial charge in [0.2, 0.25) is 5.82 Å². The van der Waals surface area contributed by atoms with Crippen LogP contribution < -0.4 is 0 Å². The van der Waals surface area contributed by atoms with Crippen LogP contribution in [0.15, 0.2) is 41.1 Å². The van der Waals surface area contributed by atoms with Gasteiger partial charge in [0.25, 0.3) is 11.6 Å². The van der Waals surface area contributed by atoms with Crippen LogP contribution in [-0.4, -0.2) is 24.8 Å². The third-order valence-electron chi connectivity index (χ3n) is 2.95. The van der Waals surface area contributed by atoms with E-state index < -0.39 is 4.92 Å². The maximum atomic E-state index is 10.6. The lowest BCUT2D eigenvalue weighted by molar-refractivity contribution is -0.384. The molecule has 3 rings (SSSR count). The zero-order valence-electron chi connectivity index (χ0n) is 11.1. The SMILES string of the molecule is CCn1ccc(-c2nc(-c3ccc([N+](=O)[O-])cc3)no2)n1. The summed E-state index contributed by atoms with van der Waals surface area (Å²) in [7, 11) is 0. The number of nitro benzene ring substituents is 1. The number of aromatic nitrogens is 4. The van der Waals surface area contributed by atoms with Gasteiger partial charge in [-0.15, -0.1) is 0 Å². The molecule has 0 atom stereocenters. The second-order valence-electron chi connectivity index (χ2n) is 4.28. The van der Waals surface area contributed by atoms with Gasteiger partial charge >= 0.3 is 0 Å². The highest BCUT2D eigenvalue weighted by Gasteiger charge is 2.14. The van der Waals surface area contributed by atoms with Crippen molar-refractivity contribution in [1.29, 1.82) is 0 Å². The normalized spacial score (nSPS) is 10.7. The van der Waals surface area contributed by atoms with Gasteiger partial charge < -0.3 is 4.52 Å². The first-order valence-electron chi connectivity index (χ1n) is 6.29. The van der Waals surface area contributed by atoms with E-state index in [-0.39, 0.29) is 5.69 Å². The summed E-state index contributed by atoms with van der Waals surface area (Å²) in [5, 5.41) is 18.8. The Labute approximate surface area is 119 Å². The summed E-state index contributed by atoms with van der Waals surface area (Å²) >= 11 is 0. The molecule has 106 valence electrons. The van der Waals surface area contributed by atoms with Crippen LogP contribution in [0.1, 0.15) is 6.92 Å². The molecule has 0 amide bonds. The predicted octanol–water partition coefficient (Wildman–Crippen LogP) is 2.53. The predicted molar refractivity (Wildman–Crippen MR) is 73.3 cm³/mol. The van der Waals surface area contributed by atoms with Gasteiger partial charge in [-0.3, -0.25) is 14.8 Å². The van der Waals surface area contributed by atoms with Crippen LogP contribution in [0.25, 0.3) is 23.0 Å². The molecule has 3 aromatic rings. The zero-order valence-corrected chi connectivity index (χ0v) is 11.1. The fourth-order valence-corrected chi connectivity index (χ4v) is 1.83. The maximum Gasteiger partial charge on any atom is 0.278 e. The van der Waals surface area contributed by atoms with E-state index in [9.17, 15) is 10.1 Å². The quantitative estimate of drug-likeness (QED) is 0.539. The first-order valence-corrected chi connectivity index (χ1v) is 6.29. The Morgan fingerprint density at radius 2 is 2.05 bits per heavy atom. The van der Waals surface area contributed by atoms with Crippen LogP contribution >= 0.6 is 0 Å². The second kappa shape index (κ2) is 5.16. The van der Waals surface area contributed by atoms with Crippen molar-refractivity contribution in [3.63, 3.8) is 0 Å². The van der Waals surface area contributed by atoms with Gasteiger partial charge in [0.15, 0.2) is 5.69 Å². The fourth-order valence-electron chi connectivity index (χ4n) is 1.83. The Hall–Kier alpha value is -3.03. The molecule has 0 radical (unpaired) electrons. The Morgan fingerprint density at radius 1 is 1.29 bits per heavy atom. The molecule has 8 heteroatoms. The summed E-state index contributed by atoms with van der Waals surface area (Å²) in [6.45, 7) is 2.73. The molecule has 8 nitrogen and oxygen atoms in total. The molecule has 2 aromatic heterocycles. The smallest absolute Gasteiger partial charge is 0.278 e. The molecule has 0 spiro atoms. The summed E-state index contributed by atoms with van der Waals surface area (Å²) in [6, 6.07) is 7.75. The monoisotopic (exact) mass is 285 g/mol. The molecule has 0 saturated heterocycles. The number of nitrogens with zero attached hydrogens (tertiary/aromatic N) is 5. The third kappa shape index (κ3) is 2.50. The fraction of sp³-hybridized carbons (Fsp3) is 0.154. The highest BCUT2D eigenvalue weighted by Crippen LogP contribution is 2.22. The zero-order chi connectivity index (χ0) is 14.8. The van der Waals surface area contributed by atoms with E-state index in [1.165, 1.54) is 12.1 Å². The van der Waals surface area contributed by atoms with Gasteiger partial charge in [0, 0.05) is 30.4 Å². The van der Waals surface area contributed by atoms with Crippen LogP contribution in [0, 0.1) is 10.1 Å². The maximum absolute atomic E-state index is 10.6. The molecule has 0 saturated carbocycles. The average molecular weight is 285 g/mol. The first kappa shape index (κ1) is 13.0. The van der Waals surface area contributed by atoms with E-state index in [1.54, 1.807) is 22.9 Å². The lowest BCUT2D eigenvalue weighted by atomic mass is 10.2. The van der Waals surface area contributed by atoms with E-state index in [0.717, 1.165) is 6.54 Å². The van der Waals surface area contributed by atoms with Crippen LogP contribution in [0.3, 0.4) is 0 Å². The van der Waals surface area contributed by atoms with Crippen molar-refractivity contribution in [2.45, 2.75) is 13.5 Å². The molecular formula is C13H11N5O3. The number of non-ortho nitro benzene ring substituents is 1. The van der Waals surface area contributed by atoms with Crippen LogP contribution in [0.5, 0.6) is 0 Å². The molecule has 0 unspecified atom stereocenters. The lowest BCUT2D eigenvalue weighted by Crippen LogP contribution is -1.93. The molecule has 0 fully saturated rings. The molecule has 21 heavy (non-hydrogen) atoms. The number of hydrogen-bond acceptors (Lipinski definition) is 6. The topological polar surface area (TPSA) is 99.9 Å². The molecule has 0 aliphatic carbocycles. The summed E-state index contributed by atoms with van der Waals surface area (Å²) in [5.74, 6) is 0.682. The highest BCUT2D eigenvalue weighted by atomic mass is 16.6. The van der Waals surface area contributed by atoms with Crippen LogP contribution in [0.4, 0.5) is 5.69 Å². The molecular weight excluding hydrogens is 274 g/mol. The molecule has 1 aromatic carbocycles. The van der Waals surface area contributed by atoms with Crippen molar-refractivity contribution in [2.24, 2.45) is 0 Å². The average Bonchev–Trinajstić information content (AvgIpc) is 3.16. The second-order valence-corrected chi connectivity index (χ2v) is 4.28. The summed E-state index contributed by atoms with van der Waals surface area (Å²) in [5.41, 5.74) is 1.26. The van der Waals surface area contributed by atoms with Crippen LogP contribution in [-0.2, 0) is 6.54 Å². The first-order chi connectivity index (χ1) is 10.2. The van der Waals surface area contributed by atoms with Crippen molar-refractivity contribution in [3.05, 3.63) is 46.6 Å². The van der Waals surface area contributed by atoms with E-state index in [1.807, 2.05) is 13.1 Å². The molecule has 0 aliphatic rings. The highest BCUT2D eigenvalue weighted by molar-refractivity contribution is 5.59. The van der Waals surface area contributed by atoms with Crippen molar-refractivity contribution in [1.82, 2.24) is 19.9 Å². The van der Waals surface area contributed by atoms with Gasteiger partial charge in [-0.25, -0.2) is 0 Å². The van der Waals surface area contributed by atoms with Gasteiger partial charge in [-0.05, 0) is 25.1 Å². The minimum Gasteiger partial charge on any atom is -0.332 e. The van der Waals surface area contributed by atoms with Crippen molar-refractivity contribution >= 4 is 5.69 Å². The molecule has 0 bridgehead atoms. The Morgan fingerprint density at radius 3 is 2.67 bits per heavy atom. The third-order valence-corrected chi connectivity index (χ3v) is 2.95. The molecule has 0 N–H and O–H groups in total. The number of aryl methyl sites for hydroxylation is 1. The van der Waals surface area contributed by atoms with Gasteiger partial charge in [-0.1, -0.05) is 5.16 Å². The minimum absolute atomic E-state index is 0.0177. The number of hydrogen-bond donors (Lipinski definition) is 0. The largest absolute Gasteiger partial charge is 0.332 e. The lowest BCUT2D eigenvalue weighted by Gasteiger charge is -1.93. The molecule has 2 heterocycles. The van der Waals surface area contributed by atoms with Gasteiger partial charge in [-0.2, -0.15) is 10.1 Å². The van der Waals surface area contributed by atoms with Crippen molar-refractivity contribution in [2.75, 3.05) is 0 Å². The summed E-state index contributed by atoms with van der Waals surface area (Å²) in [4.78, 5) is 14.4. The Kier molecular flexibility index (Phi) is 3.19. The van der Waals surface area contributed by atoms with E-state index >= 15 is 0 Å². The van der Waals surface area contributed by atoms with Crippen molar-refractivity contribution in [3.8, 4) is 23.0 Å². The minimum atomic E-state index is -0.456. The summed E-state index contributed by atoms with van der Waals surface area (Å²) < 4.78 is 6.92. The van der Waals surface area contributed by atoms with Crippen LogP contribution in [0.2, 0.25) is 0 Å². The van der Waals surface area contributed by atoms with E-state index in [0.29, 0.717) is 23.0 Å². The van der Waals surface area contributed by atoms with Gasteiger partial charge in [0.05, 0.1) is 4.92 Å². The summed E-state index contributed by atoms with van der Waals surface area (Å²) in [6.07, 6.45) is 1.82. The number of nitro groups is 1. The Bertz CT molecular complexity index is 775. The standard InChI is InChI=1S/C13H11N5O3/c1-2-17-8-7-11(15-17)13-14-12(16-21-13)9-3-5-10(6-4-9)18(19)20/h3-8H,2H2,1H3. The van der Waals surface area contributed by atoms with Crippen molar-refractivity contribution < 1.29 is 9.45 Å². The van der Waals surface area contributed by atoms with E-state index in [2.05, 4.69) is 15.2 Å². The Balaban J connectivity index is 1.88. The van der Waals surface area contributed by atoms with Gasteiger partial charge in [0.1, 0.15) is 0 Å². The number of benzene rings is 1. The number of rotatable bonds is 4. The molecule has 0 aliphatic heterocycles.